The fraction of sp³-hybridized carbons (Fsp3) is 0.379. The van der Waals surface area contributed by atoms with E-state index in [1.807, 2.05) is 113 Å². The third-order valence-electron chi connectivity index (χ3n) is 22.9. The third kappa shape index (κ3) is 17.7. The second kappa shape index (κ2) is 34.9. The maximum absolute atomic E-state index is 14.4. The number of allylic oxidation sites excluding steroid dienone is 3. The second-order valence-corrected chi connectivity index (χ2v) is 34.1. The number of aromatic nitrogens is 6. The monoisotopic (exact) mass is 1740 g/mol. The third-order valence-corrected chi connectivity index (χ3v) is 26.4. The number of hydrogen-bond donors (Lipinski definition) is 1. The van der Waals surface area contributed by atoms with Gasteiger partial charge < -0.3 is 44.5 Å². The van der Waals surface area contributed by atoms with Gasteiger partial charge in [0, 0.05) is 166 Å². The van der Waals surface area contributed by atoms with E-state index in [-0.39, 0.29) is 35.2 Å². The number of amides is 3. The molecule has 3 amide bonds. The van der Waals surface area contributed by atoms with Crippen LogP contribution in [0, 0.1) is 56.0 Å². The van der Waals surface area contributed by atoms with E-state index < -0.39 is 18.1 Å². The molecule has 9 aromatic rings. The van der Waals surface area contributed by atoms with Crippen LogP contribution in [0.5, 0.6) is 0 Å². The predicted octanol–water partition coefficient (Wildman–Crippen LogP) is 19.2. The summed E-state index contributed by atoms with van der Waals surface area (Å²) in [6.07, 6.45) is 7.74. The minimum atomic E-state index is -0.501. The molecule has 3 unspecified atom stereocenters. The van der Waals surface area contributed by atoms with Crippen LogP contribution in [0.4, 0.5) is 47.7 Å². The van der Waals surface area contributed by atoms with Crippen LogP contribution in [-0.4, -0.2) is 159 Å². The highest BCUT2D eigenvalue weighted by Crippen LogP contribution is 2.49. The average Bonchev–Trinajstić information content (AvgIpc) is 1.59. The van der Waals surface area contributed by atoms with E-state index in [1.165, 1.54) is 80.3 Å². The molecule has 3 atom stereocenters. The number of alkyl halides is 1. The number of nitrogens with one attached hydrogen (secondary N) is 1. The minimum Gasteiger partial charge on any atom is -0.368 e. The van der Waals surface area contributed by atoms with Crippen LogP contribution in [0.1, 0.15) is 111 Å². The molecule has 115 heavy (non-hydrogen) atoms. The Morgan fingerprint density at radius 2 is 0.704 bits per heavy atom. The Bertz CT molecular complexity index is 5000. The summed E-state index contributed by atoms with van der Waals surface area (Å²) in [5.74, 6) is 4.19. The van der Waals surface area contributed by atoms with Gasteiger partial charge in [-0.3, -0.25) is 14.4 Å². The summed E-state index contributed by atoms with van der Waals surface area (Å²) in [6, 6.07) is 40.7. The summed E-state index contributed by atoms with van der Waals surface area (Å²) < 4.78 is 45.8. The molecule has 6 aliphatic heterocycles. The summed E-state index contributed by atoms with van der Waals surface area (Å²) in [7, 11) is 0. The van der Waals surface area contributed by atoms with Crippen LogP contribution in [0.3, 0.4) is 0 Å². The summed E-state index contributed by atoms with van der Waals surface area (Å²) in [5, 5.41) is 21.6. The lowest BCUT2D eigenvalue weighted by Crippen LogP contribution is -2.51. The van der Waals surface area contributed by atoms with Crippen molar-refractivity contribution in [1.82, 2.24) is 44.0 Å². The van der Waals surface area contributed by atoms with Crippen molar-refractivity contribution in [2.75, 3.05) is 127 Å². The van der Waals surface area contributed by atoms with E-state index in [0.717, 1.165) is 104 Å². The van der Waals surface area contributed by atoms with Crippen molar-refractivity contribution in [2.45, 2.75) is 98.2 Å². The van der Waals surface area contributed by atoms with Crippen molar-refractivity contribution < 1.29 is 27.6 Å². The molecule has 9 heterocycles. The number of anilines is 6. The Morgan fingerprint density at radius 3 is 1.02 bits per heavy atom. The summed E-state index contributed by atoms with van der Waals surface area (Å²) in [4.78, 5) is 59.3. The number of piperazine rings is 3. The quantitative estimate of drug-likeness (QED) is 0.104. The van der Waals surface area contributed by atoms with Gasteiger partial charge in [0.1, 0.15) is 53.0 Å². The first-order valence-corrected chi connectivity index (χ1v) is 42.7. The fourth-order valence-electron chi connectivity index (χ4n) is 16.2. The number of hydrogen-bond acceptors (Lipinski definition) is 12. The zero-order valence-corrected chi connectivity index (χ0v) is 71.1. The van der Waals surface area contributed by atoms with Gasteiger partial charge in [0.15, 0.2) is 0 Å². The maximum atomic E-state index is 14.4. The van der Waals surface area contributed by atoms with E-state index in [4.69, 9.17) is 79.8 Å². The minimum absolute atomic E-state index is 0.0121. The lowest BCUT2D eigenvalue weighted by molar-refractivity contribution is -0.128. The number of carbonyl (C=O) groups excluding carboxylic acids is 3. The summed E-state index contributed by atoms with van der Waals surface area (Å²) in [5.41, 5.74) is 12.3. The van der Waals surface area contributed by atoms with E-state index in [1.54, 1.807) is 54.6 Å². The molecule has 3 aromatic heterocycles. The van der Waals surface area contributed by atoms with Gasteiger partial charge in [-0.15, -0.1) is 0 Å². The van der Waals surface area contributed by atoms with Gasteiger partial charge in [0.2, 0.25) is 0 Å². The number of nitrogens with zero attached hydrogens (tertiary/aromatic N) is 14. The topological polar surface area (TPSA) is 143 Å². The molecule has 0 radical (unpaired) electrons. The highest BCUT2D eigenvalue weighted by molar-refractivity contribution is 9.09. The zero-order chi connectivity index (χ0) is 80.8. The number of benzene rings is 6. The number of fused-ring (bicyclic) bond motifs is 3. The van der Waals surface area contributed by atoms with Gasteiger partial charge in [-0.1, -0.05) is 122 Å². The average molecular weight is 1740 g/mol. The van der Waals surface area contributed by atoms with E-state index in [9.17, 15) is 27.6 Å². The first-order chi connectivity index (χ1) is 55.4. The number of carbonyl (C=O) groups is 3. The largest absolute Gasteiger partial charge is 0.368 e. The van der Waals surface area contributed by atoms with Gasteiger partial charge in [-0.05, 0) is 189 Å². The molecule has 18 rings (SSSR count). The lowest BCUT2D eigenvalue weighted by atomic mass is 9.93. The molecule has 18 nitrogen and oxygen atoms in total. The molecule has 28 heteroatoms. The van der Waals surface area contributed by atoms with Gasteiger partial charge in [-0.25, -0.2) is 27.2 Å². The molecule has 0 spiro atoms. The first-order valence-electron chi connectivity index (χ1n) is 39.3. The van der Waals surface area contributed by atoms with E-state index in [0.29, 0.717) is 137 Å². The molecule has 9 aliphatic rings. The van der Waals surface area contributed by atoms with Crippen LogP contribution in [0.25, 0.3) is 0 Å². The standard InChI is InChI=1S/2C29H30Cl2FN5O.C25H24Cl2FN5O.C4H7Br/c2*1-18-16-25-36(17-20-6-7-20)19(2)26(28(37(25)33-18)23-4-3-5-24(30)27(23)31)29(38)35-14-12-34(13-15-35)22-10-8-21(32)9-11-22;1-15-14-21-29-16(2)22(24(33(21)30-15)19-4-3-5-20(26)23(19)27)25(34)32-12-10-31(11-13-32)18-8-6-17(28)7-9-18;5-3-4-1-2-4/h2*3-5,8-11,16,20,28H,6-7,12-15,17H2,1-2H3;3-9,14,24,29H,10-13H2,1-2H3;4H,1-3H2. The van der Waals surface area contributed by atoms with Crippen molar-refractivity contribution in [2.24, 2.45) is 17.8 Å². The first kappa shape index (κ1) is 81.5. The molecule has 602 valence electrons. The Hall–Kier alpha value is -8.61. The maximum Gasteiger partial charge on any atom is 0.254 e. The van der Waals surface area contributed by atoms with Gasteiger partial charge in [-0.2, -0.15) is 15.3 Å². The van der Waals surface area contributed by atoms with Crippen molar-refractivity contribution in [1.29, 1.82) is 0 Å². The van der Waals surface area contributed by atoms with Crippen molar-refractivity contribution in [3.8, 4) is 0 Å². The molecular weight excluding hydrogens is 1650 g/mol. The SMILES string of the molecule is BrCC1CC1.CC1=C(C(=O)N2CCN(c3ccc(F)cc3)CC2)C(c2cccc(Cl)c2Cl)n2nc(C)cc2N1.CC1=C(C(=O)N2CCN(c3ccc(F)cc3)CC2)C(c2cccc(Cl)c2Cl)n2nc(C)cc2N1CC1CC1.CC1=C(C(=O)N2CCN(c3ccc(F)cc3)CC2)C(c2cccc(Cl)c2Cl)n2nc(C)cc2N1CC1CC1. The van der Waals surface area contributed by atoms with Gasteiger partial charge >= 0.3 is 0 Å². The number of halogens is 10. The van der Waals surface area contributed by atoms with Crippen molar-refractivity contribution >= 4 is 138 Å². The molecule has 6 aromatic carbocycles. The molecule has 1 N–H and O–H groups in total. The molecule has 3 saturated heterocycles. The van der Waals surface area contributed by atoms with Crippen molar-refractivity contribution in [3.63, 3.8) is 0 Å². The Kier molecular flexibility index (Phi) is 24.7. The van der Waals surface area contributed by atoms with Crippen LogP contribution in [0.2, 0.25) is 30.1 Å². The van der Waals surface area contributed by atoms with Gasteiger partial charge in [0.25, 0.3) is 17.7 Å². The van der Waals surface area contributed by atoms with Gasteiger partial charge in [0.05, 0.1) is 63.9 Å². The highest BCUT2D eigenvalue weighted by atomic mass is 79.9. The molecule has 0 bridgehead atoms. The van der Waals surface area contributed by atoms with Crippen LogP contribution in [0.15, 0.2) is 179 Å². The smallest absolute Gasteiger partial charge is 0.254 e. The van der Waals surface area contributed by atoms with Crippen LogP contribution >= 0.6 is 85.5 Å². The summed E-state index contributed by atoms with van der Waals surface area (Å²) in [6.45, 7) is 20.9. The Labute approximate surface area is 707 Å². The fourth-order valence-corrected chi connectivity index (χ4v) is 18.0. The predicted molar refractivity (Wildman–Crippen MR) is 459 cm³/mol. The normalized spacial score (nSPS) is 19.4. The molecule has 3 aliphatic carbocycles. The van der Waals surface area contributed by atoms with E-state index >= 15 is 0 Å². The zero-order valence-electron chi connectivity index (χ0n) is 64.9. The van der Waals surface area contributed by atoms with Crippen LogP contribution < -0.4 is 29.8 Å². The second-order valence-electron chi connectivity index (χ2n) is 31.1. The van der Waals surface area contributed by atoms with Crippen molar-refractivity contribution in [3.05, 3.63) is 261 Å². The Balaban J connectivity index is 0.000000132. The number of rotatable bonds is 14. The highest BCUT2D eigenvalue weighted by Gasteiger charge is 2.45. The molecule has 6 fully saturated rings. The van der Waals surface area contributed by atoms with Crippen LogP contribution in [-0.2, 0) is 14.4 Å². The molecular formula is C87H91BrCl6F3N15O3. The van der Waals surface area contributed by atoms with E-state index in [2.05, 4.69) is 63.0 Å². The summed E-state index contributed by atoms with van der Waals surface area (Å²) >= 11 is 42.8. The number of aryl methyl sites for hydroxylation is 3. The Morgan fingerprint density at radius 1 is 0.400 bits per heavy atom. The molecule has 3 saturated carbocycles. The lowest BCUT2D eigenvalue weighted by Gasteiger charge is -2.41.